The highest BCUT2D eigenvalue weighted by Gasteiger charge is 2.43. The summed E-state index contributed by atoms with van der Waals surface area (Å²) >= 11 is 0. The van der Waals surface area contributed by atoms with Crippen LogP contribution < -0.4 is 10.5 Å². The van der Waals surface area contributed by atoms with Crippen LogP contribution in [0.1, 0.15) is 86.9 Å². The van der Waals surface area contributed by atoms with Crippen molar-refractivity contribution in [2.45, 2.75) is 95.2 Å². The summed E-state index contributed by atoms with van der Waals surface area (Å²) in [6.45, 7) is 1.19. The van der Waals surface area contributed by atoms with Crippen molar-refractivity contribution in [3.63, 3.8) is 0 Å². The molecule has 1 saturated carbocycles. The second-order valence-corrected chi connectivity index (χ2v) is 15.5. The number of carbonyl (C=O) groups is 3. The summed E-state index contributed by atoms with van der Waals surface area (Å²) in [6.07, 6.45) is 9.03. The fraction of sp³-hybridized carbons (Fsp3) is 0.568. The number of rotatable bonds is 18. The molecule has 2 aliphatic rings. The van der Waals surface area contributed by atoms with Crippen molar-refractivity contribution in [2.24, 2.45) is 17.6 Å². The first-order valence-electron chi connectivity index (χ1n) is 17.7. The maximum atomic E-state index is 14.2. The van der Waals surface area contributed by atoms with Crippen molar-refractivity contribution in [2.75, 3.05) is 26.0 Å². The van der Waals surface area contributed by atoms with E-state index in [0.717, 1.165) is 24.7 Å². The lowest BCUT2D eigenvalue weighted by molar-refractivity contribution is -0.139. The number of aryl methyl sites for hydroxylation is 1. The zero-order valence-corrected chi connectivity index (χ0v) is 29.2. The number of ether oxygens (including phenoxy) is 1. The van der Waals surface area contributed by atoms with Crippen LogP contribution in [-0.4, -0.2) is 79.9 Å². The maximum absolute atomic E-state index is 14.2. The number of para-hydroxylation sites is 2. The summed E-state index contributed by atoms with van der Waals surface area (Å²) in [5.74, 6) is -1.40. The van der Waals surface area contributed by atoms with Crippen molar-refractivity contribution in [1.82, 2.24) is 14.6 Å². The van der Waals surface area contributed by atoms with E-state index in [1.807, 2.05) is 36.4 Å². The van der Waals surface area contributed by atoms with Crippen LogP contribution in [-0.2, 0) is 30.8 Å². The number of sulfonamides is 1. The van der Waals surface area contributed by atoms with Crippen LogP contribution in [0, 0.1) is 11.8 Å². The van der Waals surface area contributed by atoms with Gasteiger partial charge in [-0.2, -0.15) is 0 Å². The highest BCUT2D eigenvalue weighted by atomic mass is 32.2. The van der Waals surface area contributed by atoms with E-state index in [4.69, 9.17) is 14.9 Å². The molecule has 12 heteroatoms. The molecule has 3 N–H and O–H groups in total. The van der Waals surface area contributed by atoms with E-state index in [1.54, 1.807) is 18.2 Å². The van der Waals surface area contributed by atoms with E-state index in [9.17, 15) is 22.8 Å². The maximum Gasteiger partial charge on any atom is 0.264 e. The van der Waals surface area contributed by atoms with E-state index in [-0.39, 0.29) is 49.4 Å². The average Bonchev–Trinajstić information content (AvgIpc) is 3.74. The molecule has 0 bridgehead atoms. The summed E-state index contributed by atoms with van der Waals surface area (Å²) in [4.78, 5) is 48.1. The van der Waals surface area contributed by atoms with E-state index < -0.39 is 33.9 Å². The van der Waals surface area contributed by atoms with Gasteiger partial charge in [0.2, 0.25) is 21.7 Å². The predicted octanol–water partition coefficient (Wildman–Crippen LogP) is 4.83. The third kappa shape index (κ3) is 10.5. The Morgan fingerprint density at radius 3 is 2.47 bits per heavy atom. The van der Waals surface area contributed by atoms with Crippen molar-refractivity contribution >= 4 is 38.6 Å². The molecule has 4 atom stereocenters. The zero-order chi connectivity index (χ0) is 34.8. The SMILES string of the molecule is CS(=O)(=O)N[C@H](CCc1ccccc1)C(=O)N1C[C@H](OCC2CCCCC2)C[C@H]1C(=O)C[C@@H](CCCCN)C(=O)c1nc2ccccc2o1. The minimum Gasteiger partial charge on any atom is -0.434 e. The molecule has 0 spiro atoms. The van der Waals surface area contributed by atoms with E-state index in [2.05, 4.69) is 9.71 Å². The molecule has 2 aromatic carbocycles. The summed E-state index contributed by atoms with van der Waals surface area (Å²) in [7, 11) is -3.75. The Hall–Kier alpha value is -3.45. The predicted molar refractivity (Wildman–Crippen MR) is 187 cm³/mol. The number of likely N-dealkylation sites (tertiary alicyclic amines) is 1. The van der Waals surface area contributed by atoms with Gasteiger partial charge in [-0.1, -0.05) is 68.1 Å². The number of amides is 1. The quantitative estimate of drug-likeness (QED) is 0.140. The lowest BCUT2D eigenvalue weighted by Crippen LogP contribution is -2.52. The largest absolute Gasteiger partial charge is 0.434 e. The molecule has 2 fully saturated rings. The van der Waals surface area contributed by atoms with Crippen molar-refractivity contribution < 1.29 is 32.0 Å². The number of unbranched alkanes of at least 4 members (excludes halogenated alkanes) is 1. The molecule has 1 saturated heterocycles. The van der Waals surface area contributed by atoms with Gasteiger partial charge in [-0.25, -0.2) is 18.1 Å². The smallest absolute Gasteiger partial charge is 0.264 e. The summed E-state index contributed by atoms with van der Waals surface area (Å²) < 4.78 is 39.6. The fourth-order valence-electron chi connectivity index (χ4n) is 7.13. The lowest BCUT2D eigenvalue weighted by Gasteiger charge is -2.29. The summed E-state index contributed by atoms with van der Waals surface area (Å²) in [5, 5.41) is 0. The van der Waals surface area contributed by atoms with Crippen LogP contribution in [0.2, 0.25) is 0 Å². The Balaban J connectivity index is 1.37. The average molecular weight is 695 g/mol. The Morgan fingerprint density at radius 2 is 1.76 bits per heavy atom. The number of fused-ring (bicyclic) bond motifs is 1. The molecule has 49 heavy (non-hydrogen) atoms. The molecule has 0 radical (unpaired) electrons. The van der Waals surface area contributed by atoms with Crippen LogP contribution >= 0.6 is 0 Å². The molecule has 1 aromatic heterocycles. The van der Waals surface area contributed by atoms with Crippen molar-refractivity contribution in [3.8, 4) is 0 Å². The van der Waals surface area contributed by atoms with Gasteiger partial charge in [0.1, 0.15) is 11.6 Å². The first-order chi connectivity index (χ1) is 23.6. The molecule has 11 nitrogen and oxygen atoms in total. The second-order valence-electron chi connectivity index (χ2n) is 13.7. The number of nitrogens with zero attached hydrogens (tertiary/aromatic N) is 2. The van der Waals surface area contributed by atoms with Gasteiger partial charge in [-0.3, -0.25) is 14.4 Å². The number of nitrogens with one attached hydrogen (secondary N) is 1. The number of ketones is 2. The van der Waals surface area contributed by atoms with Crippen LogP contribution in [0.3, 0.4) is 0 Å². The number of Topliss-reactive ketones (excluding diaryl/α,β-unsaturated/α-hetero) is 2. The van der Waals surface area contributed by atoms with Crippen LogP contribution in [0.25, 0.3) is 11.1 Å². The topological polar surface area (TPSA) is 162 Å². The van der Waals surface area contributed by atoms with Crippen LogP contribution in [0.15, 0.2) is 59.0 Å². The van der Waals surface area contributed by atoms with Gasteiger partial charge in [0.25, 0.3) is 5.89 Å². The Kier molecular flexibility index (Phi) is 13.1. The number of carbonyl (C=O) groups excluding carboxylic acids is 3. The Bertz CT molecular complexity index is 1620. The third-order valence-electron chi connectivity index (χ3n) is 9.76. The van der Waals surface area contributed by atoms with Gasteiger partial charge in [-0.15, -0.1) is 0 Å². The Morgan fingerprint density at radius 1 is 1.02 bits per heavy atom. The summed E-state index contributed by atoms with van der Waals surface area (Å²) in [5.41, 5.74) is 7.76. The van der Waals surface area contributed by atoms with Gasteiger partial charge in [-0.05, 0) is 68.7 Å². The monoisotopic (exact) mass is 694 g/mol. The normalized spacial score (nSPS) is 20.0. The van der Waals surface area contributed by atoms with Gasteiger partial charge >= 0.3 is 0 Å². The molecule has 0 unspecified atom stereocenters. The number of hydrogen-bond donors (Lipinski definition) is 2. The molecule has 5 rings (SSSR count). The molecule has 1 amide bonds. The number of oxazole rings is 1. The first kappa shape index (κ1) is 36.8. The first-order valence-corrected chi connectivity index (χ1v) is 19.6. The number of benzene rings is 2. The third-order valence-corrected chi connectivity index (χ3v) is 10.5. The lowest BCUT2D eigenvalue weighted by atomic mass is 9.89. The fourth-order valence-corrected chi connectivity index (χ4v) is 7.87. The van der Waals surface area contributed by atoms with Gasteiger partial charge in [0, 0.05) is 31.9 Å². The van der Waals surface area contributed by atoms with Gasteiger partial charge in [0.05, 0.1) is 18.4 Å². The number of nitrogens with two attached hydrogens (primary N) is 1. The van der Waals surface area contributed by atoms with Gasteiger partial charge < -0.3 is 19.8 Å². The van der Waals surface area contributed by atoms with Crippen LogP contribution in [0.4, 0.5) is 0 Å². The highest BCUT2D eigenvalue weighted by molar-refractivity contribution is 7.88. The Labute approximate surface area is 289 Å². The molecule has 1 aliphatic carbocycles. The van der Waals surface area contributed by atoms with Crippen LogP contribution in [0.5, 0.6) is 0 Å². The minimum atomic E-state index is -3.75. The standard InChI is InChI=1S/C37H50N4O7S/c1-49(45,46)40-31(20-19-26-12-4-2-5-13-26)37(44)41-24-29(47-25-27-14-6-3-7-15-27)23-32(41)33(42)22-28(16-10-11-21-38)35(43)36-39-30-17-8-9-18-34(30)48-36/h2,4-5,8-9,12-13,17-18,27-29,31-32,40H,3,6-7,10-11,14-16,19-25,38H2,1H3/t28-,29-,31-,32+/m1/s1. The molecule has 266 valence electrons. The minimum absolute atomic E-state index is 0.0434. The zero-order valence-electron chi connectivity index (χ0n) is 28.4. The molecular weight excluding hydrogens is 644 g/mol. The van der Waals surface area contributed by atoms with E-state index in [0.29, 0.717) is 55.9 Å². The molecule has 3 aromatic rings. The van der Waals surface area contributed by atoms with Crippen molar-refractivity contribution in [3.05, 3.63) is 66.1 Å². The molecule has 1 aliphatic heterocycles. The van der Waals surface area contributed by atoms with E-state index >= 15 is 0 Å². The van der Waals surface area contributed by atoms with Crippen molar-refractivity contribution in [1.29, 1.82) is 0 Å². The summed E-state index contributed by atoms with van der Waals surface area (Å²) in [6, 6.07) is 14.7. The van der Waals surface area contributed by atoms with E-state index in [1.165, 1.54) is 24.2 Å². The molecule has 2 heterocycles. The number of aromatic nitrogens is 1. The second kappa shape index (κ2) is 17.5. The molecular formula is C37H50N4O7S. The number of hydrogen-bond acceptors (Lipinski definition) is 9. The van der Waals surface area contributed by atoms with Gasteiger partial charge in [0.15, 0.2) is 11.4 Å². The highest BCUT2D eigenvalue weighted by Crippen LogP contribution is 2.30.